The number of benzene rings is 1. The molecule has 2 N–H and O–H groups in total. The molecule has 1 amide bonds. The number of nitrogens with one attached hydrogen (secondary N) is 1. The zero-order valence-corrected chi connectivity index (χ0v) is 11.9. The second-order valence-electron chi connectivity index (χ2n) is 4.82. The smallest absolute Gasteiger partial charge is 0.315 e. The van der Waals surface area contributed by atoms with Crippen molar-refractivity contribution in [1.29, 1.82) is 0 Å². The SMILES string of the molecule is CC(C(=O)O)C(=O)NCc1cn(C)nc1-c1ccccc1. The van der Waals surface area contributed by atoms with Gasteiger partial charge in [-0.25, -0.2) is 0 Å². The number of rotatable bonds is 5. The van der Waals surface area contributed by atoms with E-state index in [2.05, 4.69) is 10.4 Å². The molecule has 0 aliphatic rings. The van der Waals surface area contributed by atoms with Crippen LogP contribution in [-0.4, -0.2) is 26.8 Å². The number of aromatic nitrogens is 2. The molecule has 2 rings (SSSR count). The Balaban J connectivity index is 2.15. The minimum Gasteiger partial charge on any atom is -0.481 e. The summed E-state index contributed by atoms with van der Waals surface area (Å²) in [5.41, 5.74) is 2.57. The number of aliphatic carboxylic acids is 1. The van der Waals surface area contributed by atoms with E-state index in [4.69, 9.17) is 5.11 Å². The fourth-order valence-electron chi connectivity index (χ4n) is 1.95. The Kier molecular flexibility index (Phi) is 4.37. The van der Waals surface area contributed by atoms with Gasteiger partial charge in [-0.3, -0.25) is 14.3 Å². The maximum atomic E-state index is 11.7. The van der Waals surface area contributed by atoms with Gasteiger partial charge in [-0.2, -0.15) is 5.10 Å². The van der Waals surface area contributed by atoms with Crippen LogP contribution in [0, 0.1) is 5.92 Å². The van der Waals surface area contributed by atoms with Crippen LogP contribution in [-0.2, 0) is 23.2 Å². The molecule has 0 radical (unpaired) electrons. The van der Waals surface area contributed by atoms with Crippen molar-refractivity contribution in [1.82, 2.24) is 15.1 Å². The molecule has 6 heteroatoms. The molecule has 1 aromatic carbocycles. The molecule has 0 saturated heterocycles. The van der Waals surface area contributed by atoms with Crippen molar-refractivity contribution in [3.63, 3.8) is 0 Å². The predicted octanol–water partition coefficient (Wildman–Crippen LogP) is 1.42. The van der Waals surface area contributed by atoms with E-state index in [9.17, 15) is 9.59 Å². The number of carboxylic acid groups (broad SMARTS) is 1. The highest BCUT2D eigenvalue weighted by Crippen LogP contribution is 2.21. The van der Waals surface area contributed by atoms with Crippen molar-refractivity contribution in [2.45, 2.75) is 13.5 Å². The molecule has 0 aliphatic carbocycles. The summed E-state index contributed by atoms with van der Waals surface area (Å²) in [6, 6.07) is 9.63. The van der Waals surface area contributed by atoms with Gasteiger partial charge in [0.2, 0.25) is 5.91 Å². The largest absolute Gasteiger partial charge is 0.481 e. The molecule has 1 aromatic heterocycles. The molecule has 1 heterocycles. The van der Waals surface area contributed by atoms with Crippen molar-refractivity contribution in [2.24, 2.45) is 13.0 Å². The molecule has 1 atom stereocenters. The number of nitrogens with zero attached hydrogens (tertiary/aromatic N) is 2. The Bertz CT molecular complexity index is 649. The van der Waals surface area contributed by atoms with Gasteiger partial charge in [0, 0.05) is 30.9 Å². The molecule has 1 unspecified atom stereocenters. The zero-order chi connectivity index (χ0) is 15.4. The molecule has 21 heavy (non-hydrogen) atoms. The molecule has 0 fully saturated rings. The van der Waals surface area contributed by atoms with Gasteiger partial charge in [0.15, 0.2) is 0 Å². The summed E-state index contributed by atoms with van der Waals surface area (Å²) in [7, 11) is 1.80. The van der Waals surface area contributed by atoms with Crippen LogP contribution in [0.3, 0.4) is 0 Å². The molecule has 0 bridgehead atoms. The van der Waals surface area contributed by atoms with Gasteiger partial charge in [0.25, 0.3) is 0 Å². The lowest BCUT2D eigenvalue weighted by atomic mass is 10.1. The summed E-state index contributed by atoms with van der Waals surface area (Å²) in [6.45, 7) is 1.60. The molecular weight excluding hydrogens is 270 g/mol. The van der Waals surface area contributed by atoms with E-state index in [1.165, 1.54) is 6.92 Å². The van der Waals surface area contributed by atoms with Crippen LogP contribution in [0.25, 0.3) is 11.3 Å². The minimum absolute atomic E-state index is 0.245. The quantitative estimate of drug-likeness (QED) is 0.815. The Morgan fingerprint density at radius 1 is 1.33 bits per heavy atom. The van der Waals surface area contributed by atoms with Gasteiger partial charge in [-0.1, -0.05) is 30.3 Å². The average molecular weight is 287 g/mol. The number of carbonyl (C=O) groups excluding carboxylic acids is 1. The number of hydrogen-bond donors (Lipinski definition) is 2. The second kappa shape index (κ2) is 6.21. The van der Waals surface area contributed by atoms with Gasteiger partial charge >= 0.3 is 5.97 Å². The van der Waals surface area contributed by atoms with Crippen molar-refractivity contribution in [2.75, 3.05) is 0 Å². The second-order valence-corrected chi connectivity index (χ2v) is 4.82. The topological polar surface area (TPSA) is 84.2 Å². The zero-order valence-electron chi connectivity index (χ0n) is 11.9. The third kappa shape index (κ3) is 3.47. The maximum absolute atomic E-state index is 11.7. The van der Waals surface area contributed by atoms with E-state index in [-0.39, 0.29) is 6.54 Å². The minimum atomic E-state index is -1.14. The summed E-state index contributed by atoms with van der Waals surface area (Å²) >= 11 is 0. The van der Waals surface area contributed by atoms with Crippen molar-refractivity contribution < 1.29 is 14.7 Å². The molecule has 6 nitrogen and oxygen atoms in total. The highest BCUT2D eigenvalue weighted by molar-refractivity contribution is 5.96. The molecule has 2 aromatic rings. The lowest BCUT2D eigenvalue weighted by Gasteiger charge is -2.08. The van der Waals surface area contributed by atoms with Crippen LogP contribution < -0.4 is 5.32 Å². The average Bonchev–Trinajstić information content (AvgIpc) is 2.85. The Labute approximate surface area is 122 Å². The van der Waals surface area contributed by atoms with Crippen LogP contribution in [0.15, 0.2) is 36.5 Å². The standard InChI is InChI=1S/C15H17N3O3/c1-10(15(20)21)14(19)16-8-12-9-18(2)17-13(12)11-6-4-3-5-7-11/h3-7,9-10H,8H2,1-2H3,(H,16,19)(H,20,21). The highest BCUT2D eigenvalue weighted by atomic mass is 16.4. The molecule has 0 spiro atoms. The number of amides is 1. The van der Waals surface area contributed by atoms with E-state index in [0.717, 1.165) is 16.8 Å². The van der Waals surface area contributed by atoms with Gasteiger partial charge < -0.3 is 10.4 Å². The third-order valence-corrected chi connectivity index (χ3v) is 3.17. The Morgan fingerprint density at radius 3 is 2.62 bits per heavy atom. The number of carboxylic acids is 1. The van der Waals surface area contributed by atoms with Crippen LogP contribution in [0.1, 0.15) is 12.5 Å². The van der Waals surface area contributed by atoms with Crippen LogP contribution in [0.4, 0.5) is 0 Å². The van der Waals surface area contributed by atoms with E-state index in [1.54, 1.807) is 11.7 Å². The van der Waals surface area contributed by atoms with Crippen LogP contribution in [0.5, 0.6) is 0 Å². The van der Waals surface area contributed by atoms with E-state index >= 15 is 0 Å². The fourth-order valence-corrected chi connectivity index (χ4v) is 1.95. The van der Waals surface area contributed by atoms with Crippen LogP contribution in [0.2, 0.25) is 0 Å². The first-order valence-electron chi connectivity index (χ1n) is 6.57. The molecular formula is C15H17N3O3. The Hall–Kier alpha value is -2.63. The van der Waals surface area contributed by atoms with E-state index in [0.29, 0.717) is 0 Å². The van der Waals surface area contributed by atoms with Crippen LogP contribution >= 0.6 is 0 Å². The molecule has 0 saturated carbocycles. The summed E-state index contributed by atoms with van der Waals surface area (Å²) in [6.07, 6.45) is 1.81. The first-order chi connectivity index (χ1) is 9.99. The summed E-state index contributed by atoms with van der Waals surface area (Å²) in [5, 5.41) is 15.8. The van der Waals surface area contributed by atoms with Gasteiger partial charge in [-0.05, 0) is 6.92 Å². The monoisotopic (exact) mass is 287 g/mol. The number of hydrogen-bond acceptors (Lipinski definition) is 3. The van der Waals surface area contributed by atoms with Gasteiger partial charge in [0.1, 0.15) is 5.92 Å². The molecule has 110 valence electrons. The maximum Gasteiger partial charge on any atom is 0.315 e. The fraction of sp³-hybridized carbons (Fsp3) is 0.267. The van der Waals surface area contributed by atoms with Gasteiger partial charge in [0.05, 0.1) is 5.69 Å². The molecule has 0 aliphatic heterocycles. The third-order valence-electron chi connectivity index (χ3n) is 3.17. The first kappa shape index (κ1) is 14.8. The summed E-state index contributed by atoms with van der Waals surface area (Å²) < 4.78 is 1.67. The van der Waals surface area contributed by atoms with Crippen molar-refractivity contribution in [3.05, 3.63) is 42.1 Å². The predicted molar refractivity (Wildman–Crippen MR) is 77.3 cm³/mol. The van der Waals surface area contributed by atoms with E-state index < -0.39 is 17.8 Å². The first-order valence-corrected chi connectivity index (χ1v) is 6.57. The highest BCUT2D eigenvalue weighted by Gasteiger charge is 2.20. The van der Waals surface area contributed by atoms with Gasteiger partial charge in [-0.15, -0.1) is 0 Å². The van der Waals surface area contributed by atoms with E-state index in [1.807, 2.05) is 36.5 Å². The van der Waals surface area contributed by atoms with Crippen molar-refractivity contribution >= 4 is 11.9 Å². The lowest BCUT2D eigenvalue weighted by molar-refractivity contribution is -0.146. The lowest BCUT2D eigenvalue weighted by Crippen LogP contribution is -2.33. The number of aryl methyl sites for hydroxylation is 1. The van der Waals surface area contributed by atoms with Crippen molar-refractivity contribution in [3.8, 4) is 11.3 Å². The normalized spacial score (nSPS) is 11.9. The Morgan fingerprint density at radius 2 is 2.00 bits per heavy atom. The summed E-state index contributed by atoms with van der Waals surface area (Å²) in [5.74, 6) is -2.71. The summed E-state index contributed by atoms with van der Waals surface area (Å²) in [4.78, 5) is 22.5. The number of carbonyl (C=O) groups is 2.